The zero-order chi connectivity index (χ0) is 15.7. The summed E-state index contributed by atoms with van der Waals surface area (Å²) in [4.78, 5) is 13.9. The molecule has 2 aliphatic carbocycles. The van der Waals surface area contributed by atoms with Crippen molar-refractivity contribution in [3.63, 3.8) is 0 Å². The van der Waals surface area contributed by atoms with Gasteiger partial charge in [-0.1, -0.05) is 6.07 Å². The van der Waals surface area contributed by atoms with Gasteiger partial charge in [-0.3, -0.25) is 4.98 Å². The lowest BCUT2D eigenvalue weighted by atomic mass is 10.0. The summed E-state index contributed by atoms with van der Waals surface area (Å²) in [5, 5.41) is 12.8. The van der Waals surface area contributed by atoms with Gasteiger partial charge in [0.15, 0.2) is 5.82 Å². The molecule has 5 nitrogen and oxygen atoms in total. The summed E-state index contributed by atoms with van der Waals surface area (Å²) >= 11 is 0. The van der Waals surface area contributed by atoms with Gasteiger partial charge in [-0.2, -0.15) is 0 Å². The minimum Gasteiger partial charge on any atom is -0.396 e. The maximum absolute atomic E-state index is 9.23. The molecule has 2 N–H and O–H groups in total. The number of aromatic nitrogens is 3. The lowest BCUT2D eigenvalue weighted by Crippen LogP contribution is -2.19. The van der Waals surface area contributed by atoms with Crippen LogP contribution in [-0.2, 0) is 12.8 Å². The van der Waals surface area contributed by atoms with Gasteiger partial charge in [0.25, 0.3) is 0 Å². The molecule has 0 unspecified atom stereocenters. The van der Waals surface area contributed by atoms with Crippen LogP contribution in [0.25, 0.3) is 11.5 Å². The van der Waals surface area contributed by atoms with Gasteiger partial charge in [-0.15, -0.1) is 0 Å². The minimum absolute atomic E-state index is 0.267. The number of nitrogens with one attached hydrogen (secondary N) is 1. The summed E-state index contributed by atoms with van der Waals surface area (Å²) in [6.07, 6.45) is 8.26. The Morgan fingerprint density at radius 2 is 2.09 bits per heavy atom. The zero-order valence-electron chi connectivity index (χ0n) is 13.3. The fourth-order valence-electron chi connectivity index (χ4n) is 3.39. The van der Waals surface area contributed by atoms with Crippen LogP contribution in [0, 0.1) is 5.41 Å². The Morgan fingerprint density at radius 3 is 2.83 bits per heavy atom. The van der Waals surface area contributed by atoms with E-state index < -0.39 is 0 Å². The van der Waals surface area contributed by atoms with Crippen molar-refractivity contribution in [3.05, 3.63) is 35.7 Å². The van der Waals surface area contributed by atoms with Crippen LogP contribution in [0.5, 0.6) is 0 Å². The molecular formula is C18H22N4O. The number of aliphatic hydroxyl groups is 1. The second kappa shape index (κ2) is 5.89. The van der Waals surface area contributed by atoms with E-state index in [1.165, 1.54) is 18.4 Å². The van der Waals surface area contributed by atoms with Crippen molar-refractivity contribution < 1.29 is 5.11 Å². The molecule has 1 saturated carbocycles. The van der Waals surface area contributed by atoms with Crippen LogP contribution in [0.4, 0.5) is 5.82 Å². The van der Waals surface area contributed by atoms with Crippen molar-refractivity contribution >= 4 is 5.82 Å². The van der Waals surface area contributed by atoms with Crippen molar-refractivity contribution in [2.75, 3.05) is 18.5 Å². The molecule has 0 aromatic carbocycles. The molecule has 0 aliphatic heterocycles. The van der Waals surface area contributed by atoms with Gasteiger partial charge in [0, 0.05) is 30.6 Å². The van der Waals surface area contributed by atoms with E-state index in [2.05, 4.69) is 10.3 Å². The van der Waals surface area contributed by atoms with Gasteiger partial charge < -0.3 is 10.4 Å². The van der Waals surface area contributed by atoms with Crippen molar-refractivity contribution in [1.82, 2.24) is 15.0 Å². The summed E-state index contributed by atoms with van der Waals surface area (Å²) in [5.74, 6) is 1.68. The van der Waals surface area contributed by atoms with Crippen molar-refractivity contribution in [2.24, 2.45) is 5.41 Å². The van der Waals surface area contributed by atoms with E-state index in [1.807, 2.05) is 18.2 Å². The van der Waals surface area contributed by atoms with E-state index in [-0.39, 0.29) is 12.0 Å². The number of nitrogens with zero attached hydrogens (tertiary/aromatic N) is 3. The van der Waals surface area contributed by atoms with Crippen LogP contribution in [0.1, 0.15) is 36.9 Å². The number of aryl methyl sites for hydroxylation is 1. The molecular weight excluding hydrogens is 288 g/mol. The van der Waals surface area contributed by atoms with Gasteiger partial charge in [0.1, 0.15) is 11.5 Å². The van der Waals surface area contributed by atoms with Gasteiger partial charge in [-0.05, 0) is 56.1 Å². The number of hydrogen-bond acceptors (Lipinski definition) is 5. The van der Waals surface area contributed by atoms with E-state index in [0.29, 0.717) is 5.82 Å². The van der Waals surface area contributed by atoms with E-state index >= 15 is 0 Å². The fourth-order valence-corrected chi connectivity index (χ4v) is 3.39. The first-order valence-corrected chi connectivity index (χ1v) is 8.46. The summed E-state index contributed by atoms with van der Waals surface area (Å²) in [6.45, 7) is 1.15. The number of pyridine rings is 1. The summed E-state index contributed by atoms with van der Waals surface area (Å²) < 4.78 is 0. The summed E-state index contributed by atoms with van der Waals surface area (Å²) in [5.41, 5.74) is 3.53. The number of hydrogen-bond donors (Lipinski definition) is 2. The quantitative estimate of drug-likeness (QED) is 0.858. The topological polar surface area (TPSA) is 70.9 Å². The normalized spacial score (nSPS) is 17.8. The largest absolute Gasteiger partial charge is 0.396 e. The maximum Gasteiger partial charge on any atom is 0.180 e. The zero-order valence-corrected chi connectivity index (χ0v) is 13.3. The standard InChI is InChI=1S/C18H22N4O/c23-11-9-18(7-8-18)12-20-16-13-4-3-6-14(13)21-17(22-16)15-5-1-2-10-19-15/h1-2,5,10,23H,3-4,6-9,11-12H2,(H,20,21,22). The number of rotatable bonds is 6. The Bertz CT molecular complexity index is 698. The van der Waals surface area contributed by atoms with Crippen LogP contribution in [0.2, 0.25) is 0 Å². The third-order valence-electron chi connectivity index (χ3n) is 5.06. The molecule has 0 saturated heterocycles. The molecule has 0 radical (unpaired) electrons. The highest BCUT2D eigenvalue weighted by Gasteiger charge is 2.41. The average Bonchev–Trinajstić information content (AvgIpc) is 3.18. The first-order valence-electron chi connectivity index (χ1n) is 8.46. The van der Waals surface area contributed by atoms with Crippen LogP contribution < -0.4 is 5.32 Å². The molecule has 0 spiro atoms. The van der Waals surface area contributed by atoms with Crippen LogP contribution >= 0.6 is 0 Å². The summed E-state index contributed by atoms with van der Waals surface area (Å²) in [7, 11) is 0. The predicted molar refractivity (Wildman–Crippen MR) is 89.1 cm³/mol. The second-order valence-corrected chi connectivity index (χ2v) is 6.72. The van der Waals surface area contributed by atoms with E-state index in [4.69, 9.17) is 9.97 Å². The molecule has 2 aromatic heterocycles. The molecule has 4 rings (SSSR count). The molecule has 0 bridgehead atoms. The predicted octanol–water partition coefficient (Wildman–Crippen LogP) is 2.60. The Labute approximate surface area is 136 Å². The van der Waals surface area contributed by atoms with E-state index in [1.54, 1.807) is 6.20 Å². The maximum atomic E-state index is 9.23. The van der Waals surface area contributed by atoms with Crippen LogP contribution in [0.3, 0.4) is 0 Å². The molecule has 23 heavy (non-hydrogen) atoms. The third kappa shape index (κ3) is 2.93. The second-order valence-electron chi connectivity index (χ2n) is 6.72. The Balaban J connectivity index is 1.62. The molecule has 2 aliphatic rings. The summed E-state index contributed by atoms with van der Waals surface area (Å²) in [6, 6.07) is 5.82. The van der Waals surface area contributed by atoms with Crippen LogP contribution in [0.15, 0.2) is 24.4 Å². The molecule has 2 heterocycles. The highest BCUT2D eigenvalue weighted by molar-refractivity contribution is 5.57. The Hall–Kier alpha value is -2.01. The Kier molecular flexibility index (Phi) is 3.73. The Morgan fingerprint density at radius 1 is 1.17 bits per heavy atom. The molecule has 5 heteroatoms. The van der Waals surface area contributed by atoms with Crippen molar-refractivity contribution in [3.8, 4) is 11.5 Å². The molecule has 1 fully saturated rings. The van der Waals surface area contributed by atoms with Gasteiger partial charge >= 0.3 is 0 Å². The number of fused-ring (bicyclic) bond motifs is 1. The van der Waals surface area contributed by atoms with Gasteiger partial charge in [0.05, 0.1) is 0 Å². The minimum atomic E-state index is 0.267. The van der Waals surface area contributed by atoms with Crippen molar-refractivity contribution in [2.45, 2.75) is 38.5 Å². The van der Waals surface area contributed by atoms with Crippen LogP contribution in [-0.4, -0.2) is 33.2 Å². The lowest BCUT2D eigenvalue weighted by molar-refractivity contribution is 0.253. The SMILES string of the molecule is OCCC1(CNc2nc(-c3ccccn3)nc3c2CCC3)CC1. The third-order valence-corrected chi connectivity index (χ3v) is 5.06. The highest BCUT2D eigenvalue weighted by atomic mass is 16.3. The van der Waals surface area contributed by atoms with Gasteiger partial charge in [-0.25, -0.2) is 9.97 Å². The monoisotopic (exact) mass is 310 g/mol. The first kappa shape index (κ1) is 14.6. The smallest absolute Gasteiger partial charge is 0.180 e. The average molecular weight is 310 g/mol. The van der Waals surface area contributed by atoms with E-state index in [9.17, 15) is 5.11 Å². The fraction of sp³-hybridized carbons (Fsp3) is 0.500. The lowest BCUT2D eigenvalue weighted by Gasteiger charge is -2.17. The molecule has 0 atom stereocenters. The van der Waals surface area contributed by atoms with E-state index in [0.717, 1.165) is 49.4 Å². The molecule has 120 valence electrons. The first-order chi connectivity index (χ1) is 11.3. The molecule has 0 amide bonds. The highest BCUT2D eigenvalue weighted by Crippen LogP contribution is 2.48. The number of anilines is 1. The van der Waals surface area contributed by atoms with Crippen molar-refractivity contribution in [1.29, 1.82) is 0 Å². The van der Waals surface area contributed by atoms with Gasteiger partial charge in [0.2, 0.25) is 0 Å². The molecule has 2 aromatic rings. The number of aliphatic hydroxyl groups excluding tert-OH is 1.